The number of hydrogen-bond donors (Lipinski definition) is 1. The molecule has 1 heterocycles. The number of carboxylic acid groups (broad SMARTS) is 1. The fraction of sp³-hybridized carbons (Fsp3) is 0.273. The lowest BCUT2D eigenvalue weighted by Gasteiger charge is -1.97. The van der Waals surface area contributed by atoms with Gasteiger partial charge in [-0.2, -0.15) is 0 Å². The maximum atomic E-state index is 10.4. The van der Waals surface area contributed by atoms with Crippen LogP contribution in [0.4, 0.5) is 0 Å². The Morgan fingerprint density at radius 2 is 2.06 bits per heavy atom. The number of carbonyl (C=O) groups is 1. The van der Waals surface area contributed by atoms with Crippen molar-refractivity contribution < 1.29 is 9.90 Å². The van der Waals surface area contributed by atoms with Crippen molar-refractivity contribution in [2.24, 2.45) is 0 Å². The van der Waals surface area contributed by atoms with Crippen molar-refractivity contribution in [2.75, 3.05) is 0 Å². The van der Waals surface area contributed by atoms with Crippen molar-refractivity contribution in [3.8, 4) is 5.69 Å². The quantitative estimate of drug-likeness (QED) is 0.850. The van der Waals surface area contributed by atoms with Crippen LogP contribution in [-0.4, -0.2) is 31.3 Å². The summed E-state index contributed by atoms with van der Waals surface area (Å²) in [5.74, 6) is -0.426. The number of carboxylic acids is 1. The molecule has 1 aromatic carbocycles. The fourth-order valence-corrected chi connectivity index (χ4v) is 1.35. The van der Waals surface area contributed by atoms with Crippen LogP contribution in [-0.2, 0) is 11.2 Å². The zero-order chi connectivity index (χ0) is 12.3. The molecule has 0 spiro atoms. The Balaban J connectivity index is 2.12. The first-order valence-electron chi connectivity index (χ1n) is 5.23. The van der Waals surface area contributed by atoms with Gasteiger partial charge in [-0.3, -0.25) is 4.79 Å². The van der Waals surface area contributed by atoms with E-state index in [-0.39, 0.29) is 6.42 Å². The zero-order valence-corrected chi connectivity index (χ0v) is 9.37. The highest BCUT2D eigenvalue weighted by Gasteiger charge is 2.06. The van der Waals surface area contributed by atoms with Crippen molar-refractivity contribution in [1.82, 2.24) is 20.2 Å². The van der Waals surface area contributed by atoms with Crippen molar-refractivity contribution in [1.29, 1.82) is 0 Å². The second-order valence-corrected chi connectivity index (χ2v) is 3.72. The van der Waals surface area contributed by atoms with Crippen LogP contribution < -0.4 is 0 Å². The van der Waals surface area contributed by atoms with E-state index in [0.717, 1.165) is 11.3 Å². The van der Waals surface area contributed by atoms with Gasteiger partial charge in [0.25, 0.3) is 0 Å². The van der Waals surface area contributed by atoms with Crippen LogP contribution in [0.15, 0.2) is 24.3 Å². The van der Waals surface area contributed by atoms with Crippen molar-refractivity contribution in [3.05, 3.63) is 35.7 Å². The van der Waals surface area contributed by atoms with E-state index in [1.54, 1.807) is 0 Å². The summed E-state index contributed by atoms with van der Waals surface area (Å²) in [6, 6.07) is 7.68. The highest BCUT2D eigenvalue weighted by molar-refractivity contribution is 5.66. The molecule has 1 N–H and O–H groups in total. The average molecular weight is 232 g/mol. The first-order valence-corrected chi connectivity index (χ1v) is 5.23. The first-order chi connectivity index (χ1) is 8.15. The second-order valence-electron chi connectivity index (χ2n) is 3.72. The SMILES string of the molecule is Cc1ccc(-n2nnc(CCC(=O)O)n2)cc1. The zero-order valence-electron chi connectivity index (χ0n) is 9.37. The summed E-state index contributed by atoms with van der Waals surface area (Å²) in [4.78, 5) is 11.8. The maximum Gasteiger partial charge on any atom is 0.303 e. The smallest absolute Gasteiger partial charge is 0.303 e. The topological polar surface area (TPSA) is 80.9 Å². The number of aromatic nitrogens is 4. The molecule has 0 amide bonds. The van der Waals surface area contributed by atoms with E-state index in [1.807, 2.05) is 31.2 Å². The Labute approximate surface area is 97.9 Å². The molecule has 0 aliphatic rings. The van der Waals surface area contributed by atoms with Crippen LogP contribution in [0, 0.1) is 6.92 Å². The molecule has 17 heavy (non-hydrogen) atoms. The Morgan fingerprint density at radius 1 is 1.35 bits per heavy atom. The molecule has 0 radical (unpaired) electrons. The summed E-state index contributed by atoms with van der Waals surface area (Å²) in [6.07, 6.45) is 0.306. The Hall–Kier alpha value is -2.24. The van der Waals surface area contributed by atoms with Gasteiger partial charge in [-0.05, 0) is 24.3 Å². The molecule has 1 aromatic heterocycles. The number of aliphatic carboxylic acids is 1. The molecule has 88 valence electrons. The van der Waals surface area contributed by atoms with Gasteiger partial charge in [-0.1, -0.05) is 17.7 Å². The van der Waals surface area contributed by atoms with Gasteiger partial charge in [0, 0.05) is 6.42 Å². The molecule has 0 aliphatic heterocycles. The van der Waals surface area contributed by atoms with Gasteiger partial charge in [0.1, 0.15) is 0 Å². The number of aryl methyl sites for hydroxylation is 2. The fourth-order valence-electron chi connectivity index (χ4n) is 1.35. The van der Waals surface area contributed by atoms with E-state index >= 15 is 0 Å². The Morgan fingerprint density at radius 3 is 2.71 bits per heavy atom. The molecule has 0 bridgehead atoms. The van der Waals surface area contributed by atoms with Gasteiger partial charge >= 0.3 is 5.97 Å². The van der Waals surface area contributed by atoms with Crippen LogP contribution in [0.3, 0.4) is 0 Å². The van der Waals surface area contributed by atoms with Crippen LogP contribution >= 0.6 is 0 Å². The third kappa shape index (κ3) is 2.87. The molecule has 0 saturated carbocycles. The van der Waals surface area contributed by atoms with Gasteiger partial charge in [-0.25, -0.2) is 0 Å². The Bertz CT molecular complexity index is 519. The minimum Gasteiger partial charge on any atom is -0.481 e. The predicted octanol–water partition coefficient (Wildman–Crippen LogP) is 0.988. The third-order valence-electron chi connectivity index (χ3n) is 2.28. The number of benzene rings is 1. The van der Waals surface area contributed by atoms with Crippen molar-refractivity contribution >= 4 is 5.97 Å². The summed E-state index contributed by atoms with van der Waals surface area (Å²) < 4.78 is 0. The standard InChI is InChI=1S/C11H12N4O2/c1-8-2-4-9(5-3-8)15-13-10(12-14-15)6-7-11(16)17/h2-5H,6-7H2,1H3,(H,16,17). The normalized spacial score (nSPS) is 10.4. The number of nitrogens with zero attached hydrogens (tertiary/aromatic N) is 4. The summed E-state index contributed by atoms with van der Waals surface area (Å²) in [7, 11) is 0. The molecule has 2 rings (SSSR count). The average Bonchev–Trinajstić information content (AvgIpc) is 2.76. The summed E-state index contributed by atoms with van der Waals surface area (Å²) >= 11 is 0. The molecule has 2 aromatic rings. The number of hydrogen-bond acceptors (Lipinski definition) is 4. The number of tetrazole rings is 1. The summed E-state index contributed by atoms with van der Waals surface area (Å²) in [5, 5.41) is 20.3. The molecule has 0 unspecified atom stereocenters. The lowest BCUT2D eigenvalue weighted by molar-refractivity contribution is -0.137. The first kappa shape index (κ1) is 11.3. The van der Waals surface area contributed by atoms with E-state index in [4.69, 9.17) is 5.11 Å². The van der Waals surface area contributed by atoms with E-state index in [0.29, 0.717) is 12.2 Å². The van der Waals surface area contributed by atoms with Gasteiger partial charge in [0.05, 0.1) is 12.1 Å². The molecule has 0 saturated heterocycles. The van der Waals surface area contributed by atoms with Crippen molar-refractivity contribution in [3.63, 3.8) is 0 Å². The highest BCUT2D eigenvalue weighted by atomic mass is 16.4. The van der Waals surface area contributed by atoms with Crippen LogP contribution in [0.2, 0.25) is 0 Å². The van der Waals surface area contributed by atoms with Gasteiger partial charge < -0.3 is 5.11 Å². The van der Waals surface area contributed by atoms with E-state index in [9.17, 15) is 4.79 Å². The lowest BCUT2D eigenvalue weighted by Crippen LogP contribution is -2.01. The third-order valence-corrected chi connectivity index (χ3v) is 2.28. The monoisotopic (exact) mass is 232 g/mol. The summed E-state index contributed by atoms with van der Waals surface area (Å²) in [6.45, 7) is 2.00. The van der Waals surface area contributed by atoms with Gasteiger partial charge in [-0.15, -0.1) is 15.0 Å². The molecular weight excluding hydrogens is 220 g/mol. The molecule has 0 aliphatic carbocycles. The molecule has 6 heteroatoms. The van der Waals surface area contributed by atoms with E-state index < -0.39 is 5.97 Å². The molecule has 6 nitrogen and oxygen atoms in total. The Kier molecular flexibility index (Phi) is 3.13. The largest absolute Gasteiger partial charge is 0.481 e. The van der Waals surface area contributed by atoms with Crippen LogP contribution in [0.1, 0.15) is 17.8 Å². The van der Waals surface area contributed by atoms with E-state index in [2.05, 4.69) is 15.4 Å². The highest BCUT2D eigenvalue weighted by Crippen LogP contribution is 2.06. The minimum absolute atomic E-state index is 0.0135. The molecular formula is C11H12N4O2. The summed E-state index contributed by atoms with van der Waals surface area (Å²) in [5.41, 5.74) is 1.96. The van der Waals surface area contributed by atoms with Crippen LogP contribution in [0.5, 0.6) is 0 Å². The lowest BCUT2D eigenvalue weighted by atomic mass is 10.2. The maximum absolute atomic E-state index is 10.4. The van der Waals surface area contributed by atoms with Gasteiger partial charge in [0.15, 0.2) is 5.82 Å². The molecule has 0 fully saturated rings. The minimum atomic E-state index is -0.864. The van der Waals surface area contributed by atoms with E-state index in [1.165, 1.54) is 4.80 Å². The molecule has 0 atom stereocenters. The number of rotatable bonds is 4. The van der Waals surface area contributed by atoms with Crippen LogP contribution in [0.25, 0.3) is 5.69 Å². The predicted molar refractivity (Wildman–Crippen MR) is 59.8 cm³/mol. The van der Waals surface area contributed by atoms with Crippen molar-refractivity contribution in [2.45, 2.75) is 19.8 Å². The van der Waals surface area contributed by atoms with Gasteiger partial charge in [0.2, 0.25) is 0 Å². The second kappa shape index (κ2) is 4.73.